The number of amides is 1. The average Bonchev–Trinajstić information content (AvgIpc) is 2.87. The molecule has 0 aromatic heterocycles. The molecule has 0 saturated heterocycles. The van der Waals surface area contributed by atoms with E-state index in [1.54, 1.807) is 27.7 Å². The molecule has 7 heteroatoms. The van der Waals surface area contributed by atoms with Crippen LogP contribution in [0, 0.1) is 0 Å². The van der Waals surface area contributed by atoms with Crippen molar-refractivity contribution in [3.8, 4) is 0 Å². The molecule has 1 amide bonds. The number of hydrogen-bond donors (Lipinski definition) is 1. The van der Waals surface area contributed by atoms with Gasteiger partial charge in [0.2, 0.25) is 0 Å². The Hall–Kier alpha value is -4.09. The zero-order valence-electron chi connectivity index (χ0n) is 21.8. The van der Waals surface area contributed by atoms with Crippen molar-refractivity contribution in [2.24, 2.45) is 5.11 Å². The van der Waals surface area contributed by atoms with Crippen molar-refractivity contribution in [3.05, 3.63) is 118 Å². The second-order valence-corrected chi connectivity index (χ2v) is 10.3. The molecule has 1 unspecified atom stereocenters. The quantitative estimate of drug-likeness (QED) is 0.183. The van der Waals surface area contributed by atoms with Crippen LogP contribution < -0.4 is 5.32 Å². The second-order valence-electron chi connectivity index (χ2n) is 10.3. The molecule has 0 aliphatic rings. The number of nitrogens with one attached hydrogen (secondary N) is 1. The largest absolute Gasteiger partial charge is 0.444 e. The van der Waals surface area contributed by atoms with Crippen LogP contribution >= 0.6 is 0 Å². The molecule has 0 saturated carbocycles. The van der Waals surface area contributed by atoms with Gasteiger partial charge in [-0.3, -0.25) is 4.79 Å². The van der Waals surface area contributed by atoms with E-state index in [-0.39, 0.29) is 18.1 Å². The van der Waals surface area contributed by atoms with Gasteiger partial charge in [0.15, 0.2) is 5.78 Å². The summed E-state index contributed by atoms with van der Waals surface area (Å²) in [6.07, 6.45) is -0.259. The Labute approximate surface area is 218 Å². The van der Waals surface area contributed by atoms with Crippen molar-refractivity contribution in [2.75, 3.05) is 0 Å². The lowest BCUT2D eigenvalue weighted by molar-refractivity contribution is -0.122. The molecule has 0 spiro atoms. The number of benzene rings is 3. The molecular formula is C30H34N4O3. The van der Waals surface area contributed by atoms with E-state index < -0.39 is 23.3 Å². The first-order chi connectivity index (χ1) is 17.6. The van der Waals surface area contributed by atoms with E-state index >= 15 is 0 Å². The molecule has 3 atom stereocenters. The Morgan fingerprint density at radius 1 is 0.892 bits per heavy atom. The maximum atomic E-state index is 14.1. The molecule has 3 rings (SSSR count). The average molecular weight is 499 g/mol. The summed E-state index contributed by atoms with van der Waals surface area (Å²) in [7, 11) is 0. The Balaban J connectivity index is 2.04. The summed E-state index contributed by atoms with van der Waals surface area (Å²) < 4.78 is 5.53. The number of ketones is 1. The molecule has 1 N–H and O–H groups in total. The van der Waals surface area contributed by atoms with E-state index in [1.165, 1.54) is 0 Å². The number of rotatable bonds is 10. The summed E-state index contributed by atoms with van der Waals surface area (Å²) >= 11 is 0. The Morgan fingerprint density at radius 3 is 1.97 bits per heavy atom. The molecule has 3 aromatic carbocycles. The molecule has 7 nitrogen and oxygen atoms in total. The molecule has 0 aliphatic heterocycles. The second kappa shape index (κ2) is 12.2. The Kier molecular flexibility index (Phi) is 9.10. The highest BCUT2D eigenvalue weighted by Crippen LogP contribution is 2.33. The van der Waals surface area contributed by atoms with Crippen LogP contribution in [0.3, 0.4) is 0 Å². The monoisotopic (exact) mass is 498 g/mol. The van der Waals surface area contributed by atoms with Gasteiger partial charge in [-0.15, -0.1) is 0 Å². The van der Waals surface area contributed by atoms with E-state index in [2.05, 4.69) is 15.3 Å². The Morgan fingerprint density at radius 2 is 1.43 bits per heavy atom. The number of nitrogens with zero attached hydrogens (tertiary/aromatic N) is 3. The smallest absolute Gasteiger partial charge is 0.408 e. The molecule has 0 aliphatic carbocycles. The molecule has 0 heterocycles. The first kappa shape index (κ1) is 27.5. The maximum absolute atomic E-state index is 14.1. The third kappa shape index (κ3) is 7.95. The first-order valence-electron chi connectivity index (χ1n) is 12.3. The number of alkyl carbamates (subject to hydrolysis) is 1. The van der Waals surface area contributed by atoms with Gasteiger partial charge in [-0.1, -0.05) is 96.1 Å². The molecule has 0 fully saturated rings. The number of hydrogen-bond acceptors (Lipinski definition) is 4. The van der Waals surface area contributed by atoms with E-state index in [1.807, 2.05) is 91.0 Å². The van der Waals surface area contributed by atoms with E-state index in [4.69, 9.17) is 4.74 Å². The van der Waals surface area contributed by atoms with Crippen LogP contribution in [0.2, 0.25) is 0 Å². The number of carbonyl (C=O) groups is 2. The first-order valence-corrected chi connectivity index (χ1v) is 12.3. The van der Waals surface area contributed by atoms with Gasteiger partial charge in [-0.05, 0) is 56.3 Å². The van der Waals surface area contributed by atoms with Gasteiger partial charge in [0.05, 0.1) is 11.6 Å². The minimum Gasteiger partial charge on any atom is -0.444 e. The fourth-order valence-electron chi connectivity index (χ4n) is 4.38. The van der Waals surface area contributed by atoms with Crippen LogP contribution in [0.1, 0.15) is 56.7 Å². The van der Waals surface area contributed by atoms with Gasteiger partial charge in [-0.25, -0.2) is 4.79 Å². The van der Waals surface area contributed by atoms with Crippen LogP contribution in [0.4, 0.5) is 4.79 Å². The summed E-state index contributed by atoms with van der Waals surface area (Å²) in [6.45, 7) is 7.06. The molecule has 3 aromatic rings. The van der Waals surface area contributed by atoms with Gasteiger partial charge >= 0.3 is 6.09 Å². The zero-order valence-corrected chi connectivity index (χ0v) is 21.8. The van der Waals surface area contributed by atoms with Crippen LogP contribution in [-0.4, -0.2) is 23.5 Å². The highest BCUT2D eigenvalue weighted by molar-refractivity contribution is 5.89. The van der Waals surface area contributed by atoms with Gasteiger partial charge in [0.1, 0.15) is 5.60 Å². The summed E-state index contributed by atoms with van der Waals surface area (Å²) in [5.41, 5.74) is 10.1. The number of Topliss-reactive ketones (excluding diaryl/α,β-unsaturated/α-hetero) is 1. The number of ether oxygens (including phenoxy) is 1. The van der Waals surface area contributed by atoms with Crippen LogP contribution in [0.5, 0.6) is 0 Å². The van der Waals surface area contributed by atoms with Crippen molar-refractivity contribution in [1.29, 1.82) is 0 Å². The standard InChI is InChI=1S/C30H34N4O3/c1-29(2,3)37-28(36)32-27(26(35)21-30(4,33-34-31)24-18-12-7-13-19-24)25(23-16-10-6-11-17-23)20-22-14-8-5-9-15-22/h5-19,25,27H,20-21H2,1-4H3,(H,32,36)/t25?,27-,30+/m1/s1. The predicted octanol–water partition coefficient (Wildman–Crippen LogP) is 7.09. The van der Waals surface area contributed by atoms with Crippen molar-refractivity contribution in [2.45, 2.75) is 63.6 Å². The van der Waals surface area contributed by atoms with Gasteiger partial charge in [0, 0.05) is 17.3 Å². The highest BCUT2D eigenvalue weighted by atomic mass is 16.6. The summed E-state index contributed by atoms with van der Waals surface area (Å²) in [6, 6.07) is 27.7. The van der Waals surface area contributed by atoms with Crippen molar-refractivity contribution in [1.82, 2.24) is 5.32 Å². The lowest BCUT2D eigenvalue weighted by Crippen LogP contribution is -2.48. The summed E-state index contributed by atoms with van der Waals surface area (Å²) in [5, 5.41) is 6.88. The van der Waals surface area contributed by atoms with E-state index in [0.717, 1.165) is 16.7 Å². The minimum absolute atomic E-state index is 0.0976. The number of carbonyl (C=O) groups excluding carboxylic acids is 2. The van der Waals surface area contributed by atoms with Crippen LogP contribution in [0.15, 0.2) is 96.1 Å². The fraction of sp³-hybridized carbons (Fsp3) is 0.333. The van der Waals surface area contributed by atoms with Crippen molar-refractivity contribution >= 4 is 11.9 Å². The normalized spacial score (nSPS) is 14.4. The molecule has 37 heavy (non-hydrogen) atoms. The van der Waals surface area contributed by atoms with Crippen molar-refractivity contribution < 1.29 is 14.3 Å². The summed E-state index contributed by atoms with van der Waals surface area (Å²) in [4.78, 5) is 30.1. The fourth-order valence-corrected chi connectivity index (χ4v) is 4.38. The van der Waals surface area contributed by atoms with E-state index in [9.17, 15) is 15.1 Å². The molecule has 0 radical (unpaired) electrons. The van der Waals surface area contributed by atoms with Gasteiger partial charge < -0.3 is 10.1 Å². The van der Waals surface area contributed by atoms with E-state index in [0.29, 0.717) is 6.42 Å². The van der Waals surface area contributed by atoms with Gasteiger partial charge in [-0.2, -0.15) is 0 Å². The molecular weight excluding hydrogens is 464 g/mol. The predicted molar refractivity (Wildman–Crippen MR) is 145 cm³/mol. The summed E-state index contributed by atoms with van der Waals surface area (Å²) in [5.74, 6) is -0.635. The lowest BCUT2D eigenvalue weighted by Gasteiger charge is -2.32. The topological polar surface area (TPSA) is 104 Å². The van der Waals surface area contributed by atoms with Crippen molar-refractivity contribution in [3.63, 3.8) is 0 Å². The van der Waals surface area contributed by atoms with Crippen LogP contribution in [-0.2, 0) is 21.5 Å². The molecule has 0 bridgehead atoms. The van der Waals surface area contributed by atoms with Gasteiger partial charge in [0.25, 0.3) is 0 Å². The number of azide groups is 1. The Bertz CT molecular complexity index is 1220. The van der Waals surface area contributed by atoms with Crippen LogP contribution in [0.25, 0.3) is 10.4 Å². The lowest BCUT2D eigenvalue weighted by atomic mass is 9.79. The maximum Gasteiger partial charge on any atom is 0.408 e. The molecule has 192 valence electrons. The third-order valence-corrected chi connectivity index (χ3v) is 6.13. The highest BCUT2D eigenvalue weighted by Gasteiger charge is 2.37. The SMILES string of the molecule is CC(C)(C)OC(=O)N[C@@H](C(=O)C[C@](C)(N=[N+]=[N-])c1ccccc1)C(Cc1ccccc1)c1ccccc1. The zero-order chi connectivity index (χ0) is 26.9. The minimum atomic E-state index is -1.13. The third-order valence-electron chi connectivity index (χ3n) is 6.13.